The highest BCUT2D eigenvalue weighted by Crippen LogP contribution is 2.38. The third kappa shape index (κ3) is 4.88. The van der Waals surface area contributed by atoms with Crippen LogP contribution in [0.1, 0.15) is 0 Å². The second kappa shape index (κ2) is 11.7. The van der Waals surface area contributed by atoms with Crippen LogP contribution in [0.3, 0.4) is 0 Å². The van der Waals surface area contributed by atoms with Crippen LogP contribution in [0.15, 0.2) is 180 Å². The third-order valence-corrected chi connectivity index (χ3v) is 10.5. The summed E-state index contributed by atoms with van der Waals surface area (Å²) in [5.74, 6) is 1.93. The van der Waals surface area contributed by atoms with Crippen LogP contribution in [-0.2, 0) is 0 Å². The van der Waals surface area contributed by atoms with Gasteiger partial charge in [-0.05, 0) is 84.5 Å². The van der Waals surface area contributed by atoms with Crippen molar-refractivity contribution in [1.82, 2.24) is 15.0 Å². The Bertz CT molecular complexity index is 3240. The number of hydrogen-bond acceptors (Lipinski definition) is 4. The van der Waals surface area contributed by atoms with Gasteiger partial charge in [-0.25, -0.2) is 15.0 Å². The summed E-state index contributed by atoms with van der Waals surface area (Å²) in [6.45, 7) is 0. The smallest absolute Gasteiger partial charge is 0.164 e. The summed E-state index contributed by atoms with van der Waals surface area (Å²) in [5.41, 5.74) is 6.93. The van der Waals surface area contributed by atoms with Gasteiger partial charge in [-0.3, -0.25) is 0 Å². The van der Waals surface area contributed by atoms with Gasteiger partial charge in [0.25, 0.3) is 0 Å². The van der Waals surface area contributed by atoms with Gasteiger partial charge < -0.3 is 4.42 Å². The first kappa shape index (κ1) is 29.5. The number of furan rings is 1. The molecule has 0 fully saturated rings. The van der Waals surface area contributed by atoms with Crippen molar-refractivity contribution in [2.75, 3.05) is 0 Å². The zero-order chi connectivity index (χ0) is 34.9. The second-order valence-corrected chi connectivity index (χ2v) is 13.6. The van der Waals surface area contributed by atoms with Crippen LogP contribution in [0.2, 0.25) is 0 Å². The van der Waals surface area contributed by atoms with Gasteiger partial charge in [0, 0.05) is 27.5 Å². The lowest BCUT2D eigenvalue weighted by molar-refractivity contribution is 0.669. The van der Waals surface area contributed by atoms with E-state index in [1.54, 1.807) is 0 Å². The minimum Gasteiger partial charge on any atom is -0.456 e. The van der Waals surface area contributed by atoms with E-state index < -0.39 is 0 Å². The fourth-order valence-corrected chi connectivity index (χ4v) is 7.89. The Hall–Kier alpha value is -7.17. The van der Waals surface area contributed by atoms with Gasteiger partial charge in [-0.1, -0.05) is 146 Å². The van der Waals surface area contributed by atoms with Crippen LogP contribution in [0.25, 0.3) is 110 Å². The molecule has 4 heteroatoms. The lowest BCUT2D eigenvalue weighted by atomic mass is 9.95. The van der Waals surface area contributed by atoms with Crippen molar-refractivity contribution in [3.63, 3.8) is 0 Å². The molecule has 9 aromatic carbocycles. The van der Waals surface area contributed by atoms with Gasteiger partial charge in [-0.2, -0.15) is 0 Å². The molecule has 0 amide bonds. The van der Waals surface area contributed by atoms with Gasteiger partial charge in [0.1, 0.15) is 11.2 Å². The van der Waals surface area contributed by atoms with Gasteiger partial charge in [0.05, 0.1) is 0 Å². The van der Waals surface area contributed by atoms with Crippen molar-refractivity contribution in [3.8, 4) is 45.3 Å². The Morgan fingerprint density at radius 3 is 1.66 bits per heavy atom. The lowest BCUT2D eigenvalue weighted by Gasteiger charge is -2.12. The summed E-state index contributed by atoms with van der Waals surface area (Å²) in [6.07, 6.45) is 0. The summed E-state index contributed by atoms with van der Waals surface area (Å²) in [6, 6.07) is 61.7. The van der Waals surface area contributed by atoms with Crippen molar-refractivity contribution in [1.29, 1.82) is 0 Å². The summed E-state index contributed by atoms with van der Waals surface area (Å²) >= 11 is 0. The predicted molar refractivity (Wildman–Crippen MR) is 219 cm³/mol. The first-order chi connectivity index (χ1) is 26.2. The van der Waals surface area contributed by atoms with E-state index in [2.05, 4.69) is 127 Å². The van der Waals surface area contributed by atoms with Crippen molar-refractivity contribution in [3.05, 3.63) is 176 Å². The normalized spacial score (nSPS) is 11.8. The zero-order valence-electron chi connectivity index (χ0n) is 28.5. The summed E-state index contributed by atoms with van der Waals surface area (Å²) in [4.78, 5) is 15.2. The van der Waals surface area contributed by atoms with Crippen molar-refractivity contribution < 1.29 is 4.42 Å². The standard InChI is InChI=1S/C49H29N3O/c1-2-10-32(11-3-1)47-50-48(52-49(51-47)38-25-26-41-36(29-38)22-19-31-18-17-30-9-4-5-12-39(30)45(31)41)37-24-21-33-27-35(23-20-34(33)28-37)40-14-8-16-44-46(40)42-13-6-7-15-43(42)53-44/h1-29H. The summed E-state index contributed by atoms with van der Waals surface area (Å²) in [5, 5.41) is 11.9. The minimum absolute atomic E-state index is 0.638. The van der Waals surface area contributed by atoms with Crippen molar-refractivity contribution in [2.45, 2.75) is 0 Å². The van der Waals surface area contributed by atoms with Gasteiger partial charge in [0.2, 0.25) is 0 Å². The Labute approximate surface area is 304 Å². The molecule has 11 rings (SSSR count). The zero-order valence-corrected chi connectivity index (χ0v) is 28.5. The van der Waals surface area contributed by atoms with Crippen molar-refractivity contribution >= 4 is 65.0 Å². The number of rotatable bonds is 4. The Kier molecular flexibility index (Phi) is 6.52. The molecule has 0 spiro atoms. The Morgan fingerprint density at radius 1 is 0.302 bits per heavy atom. The minimum atomic E-state index is 0.638. The fraction of sp³-hybridized carbons (Fsp3) is 0. The van der Waals surface area contributed by atoms with Crippen LogP contribution in [0, 0.1) is 0 Å². The molecule has 0 aliphatic carbocycles. The Balaban J connectivity index is 1.03. The van der Waals surface area contributed by atoms with Gasteiger partial charge >= 0.3 is 0 Å². The van der Waals surface area contributed by atoms with E-state index >= 15 is 0 Å². The molecule has 0 radical (unpaired) electrons. The van der Waals surface area contributed by atoms with Crippen LogP contribution in [-0.4, -0.2) is 15.0 Å². The first-order valence-electron chi connectivity index (χ1n) is 17.8. The maximum Gasteiger partial charge on any atom is 0.164 e. The number of fused-ring (bicyclic) bond motifs is 9. The molecule has 0 aliphatic rings. The van der Waals surface area contributed by atoms with E-state index in [-0.39, 0.29) is 0 Å². The molecular formula is C49H29N3O. The van der Waals surface area contributed by atoms with E-state index in [1.807, 2.05) is 48.5 Å². The molecule has 53 heavy (non-hydrogen) atoms. The van der Waals surface area contributed by atoms with Gasteiger partial charge in [0.15, 0.2) is 17.5 Å². The second-order valence-electron chi connectivity index (χ2n) is 13.6. The molecular weight excluding hydrogens is 647 g/mol. The maximum absolute atomic E-state index is 6.18. The highest BCUT2D eigenvalue weighted by atomic mass is 16.3. The maximum atomic E-state index is 6.18. The highest BCUT2D eigenvalue weighted by molar-refractivity contribution is 6.20. The molecule has 2 aromatic heterocycles. The Morgan fingerprint density at radius 2 is 0.849 bits per heavy atom. The molecule has 0 saturated heterocycles. The molecule has 0 N–H and O–H groups in total. The number of benzene rings is 9. The SMILES string of the molecule is c1ccc(-c2nc(-c3ccc4cc(-c5cccc6oc7ccccc7c56)ccc4c3)nc(-c3ccc4c(ccc5ccc6ccccc6c54)c3)n2)cc1. The molecule has 0 unspecified atom stereocenters. The monoisotopic (exact) mass is 675 g/mol. The summed E-state index contributed by atoms with van der Waals surface area (Å²) in [7, 11) is 0. The number of aromatic nitrogens is 3. The van der Waals surface area contributed by atoms with Crippen LogP contribution in [0.4, 0.5) is 0 Å². The molecule has 0 saturated carbocycles. The topological polar surface area (TPSA) is 51.8 Å². The van der Waals surface area contributed by atoms with Crippen LogP contribution < -0.4 is 0 Å². The third-order valence-electron chi connectivity index (χ3n) is 10.5. The largest absolute Gasteiger partial charge is 0.456 e. The fourth-order valence-electron chi connectivity index (χ4n) is 7.89. The predicted octanol–water partition coefficient (Wildman–Crippen LogP) is 13.1. The average Bonchev–Trinajstić information content (AvgIpc) is 3.62. The van der Waals surface area contributed by atoms with E-state index in [0.29, 0.717) is 17.5 Å². The van der Waals surface area contributed by atoms with E-state index in [4.69, 9.17) is 19.4 Å². The van der Waals surface area contributed by atoms with E-state index in [9.17, 15) is 0 Å². The van der Waals surface area contributed by atoms with Gasteiger partial charge in [-0.15, -0.1) is 0 Å². The molecule has 4 nitrogen and oxygen atoms in total. The average molecular weight is 676 g/mol. The molecule has 246 valence electrons. The van der Waals surface area contributed by atoms with E-state index in [0.717, 1.165) is 65.9 Å². The number of para-hydroxylation sites is 1. The van der Waals surface area contributed by atoms with Crippen LogP contribution >= 0.6 is 0 Å². The van der Waals surface area contributed by atoms with Crippen LogP contribution in [0.5, 0.6) is 0 Å². The number of nitrogens with zero attached hydrogens (tertiary/aromatic N) is 3. The molecule has 2 heterocycles. The van der Waals surface area contributed by atoms with E-state index in [1.165, 1.54) is 26.9 Å². The molecule has 0 atom stereocenters. The summed E-state index contributed by atoms with van der Waals surface area (Å²) < 4.78 is 6.18. The van der Waals surface area contributed by atoms with Crippen molar-refractivity contribution in [2.24, 2.45) is 0 Å². The molecule has 11 aromatic rings. The highest BCUT2D eigenvalue weighted by Gasteiger charge is 2.16. The number of hydrogen-bond donors (Lipinski definition) is 0. The quantitative estimate of drug-likeness (QED) is 0.174. The lowest BCUT2D eigenvalue weighted by Crippen LogP contribution is -2.00. The molecule has 0 bridgehead atoms. The first-order valence-corrected chi connectivity index (χ1v) is 17.8. The molecule has 0 aliphatic heterocycles.